The zero-order chi connectivity index (χ0) is 15.6. The number of carboxylic acids is 2. The van der Waals surface area contributed by atoms with Gasteiger partial charge in [0.15, 0.2) is 5.60 Å². The van der Waals surface area contributed by atoms with Crippen LogP contribution in [0, 0.1) is 5.92 Å². The fourth-order valence-electron chi connectivity index (χ4n) is 1.42. The number of carbonyl (C=O) groups is 2. The van der Waals surface area contributed by atoms with Gasteiger partial charge in [0.2, 0.25) is 0 Å². The van der Waals surface area contributed by atoms with Crippen molar-refractivity contribution in [2.45, 2.75) is 65.1 Å². The minimum atomic E-state index is -1.56. The summed E-state index contributed by atoms with van der Waals surface area (Å²) >= 11 is 0. The van der Waals surface area contributed by atoms with Gasteiger partial charge in [0.25, 0.3) is 0 Å². The molecule has 6 nitrogen and oxygen atoms in total. The van der Waals surface area contributed by atoms with E-state index in [1.165, 1.54) is 13.8 Å². The molecule has 3 atom stereocenters. The fourth-order valence-corrected chi connectivity index (χ4v) is 1.42. The minimum absolute atomic E-state index is 0.269. The summed E-state index contributed by atoms with van der Waals surface area (Å²) in [5.41, 5.74) is -1.56. The largest absolute Gasteiger partial charge is 0.479 e. The highest BCUT2D eigenvalue weighted by atomic mass is 16.4. The van der Waals surface area contributed by atoms with Gasteiger partial charge in [-0.15, -0.1) is 0 Å². The molecule has 0 heterocycles. The first-order valence-electron chi connectivity index (χ1n) is 6.41. The molecular weight excluding hydrogens is 252 g/mol. The number of aliphatic hydroxyl groups excluding tert-OH is 1. The Balaban J connectivity index is 0. The van der Waals surface area contributed by atoms with Crippen LogP contribution in [0.25, 0.3) is 0 Å². The van der Waals surface area contributed by atoms with Gasteiger partial charge in [-0.1, -0.05) is 33.1 Å². The van der Waals surface area contributed by atoms with E-state index in [9.17, 15) is 14.7 Å². The highest BCUT2D eigenvalue weighted by Gasteiger charge is 2.31. The summed E-state index contributed by atoms with van der Waals surface area (Å²) in [7, 11) is 0. The number of aliphatic carboxylic acids is 2. The van der Waals surface area contributed by atoms with Crippen LogP contribution in [0.5, 0.6) is 0 Å². The Labute approximate surface area is 114 Å². The summed E-state index contributed by atoms with van der Waals surface area (Å²) in [5.74, 6) is -2.04. The monoisotopic (exact) mass is 278 g/mol. The molecule has 0 aliphatic heterocycles. The maximum Gasteiger partial charge on any atom is 0.335 e. The Morgan fingerprint density at radius 2 is 1.63 bits per heavy atom. The van der Waals surface area contributed by atoms with Gasteiger partial charge in [0, 0.05) is 0 Å². The van der Waals surface area contributed by atoms with Crippen molar-refractivity contribution in [2.24, 2.45) is 5.92 Å². The maximum atomic E-state index is 10.6. The van der Waals surface area contributed by atoms with E-state index in [1.54, 1.807) is 0 Å². The van der Waals surface area contributed by atoms with Crippen LogP contribution in [0.3, 0.4) is 0 Å². The fraction of sp³-hybridized carbons (Fsp3) is 0.846. The molecule has 0 amide bonds. The zero-order valence-electron chi connectivity index (χ0n) is 12.1. The third-order valence-electron chi connectivity index (χ3n) is 2.61. The smallest absolute Gasteiger partial charge is 0.335 e. The van der Waals surface area contributed by atoms with Crippen molar-refractivity contribution in [1.82, 2.24) is 0 Å². The number of unbranched alkanes of at least 4 members (excludes halogenated alkanes) is 1. The van der Waals surface area contributed by atoms with Crippen LogP contribution in [0.4, 0.5) is 0 Å². The van der Waals surface area contributed by atoms with Gasteiger partial charge < -0.3 is 20.4 Å². The molecule has 0 saturated carbocycles. The predicted molar refractivity (Wildman–Crippen MR) is 70.9 cm³/mol. The molecule has 4 N–H and O–H groups in total. The number of hydrogen-bond donors (Lipinski definition) is 4. The van der Waals surface area contributed by atoms with Gasteiger partial charge in [-0.3, -0.25) is 0 Å². The normalized spacial score (nSPS) is 16.5. The van der Waals surface area contributed by atoms with Crippen LogP contribution < -0.4 is 0 Å². The molecule has 3 unspecified atom stereocenters. The lowest BCUT2D eigenvalue weighted by Crippen LogP contribution is -2.36. The van der Waals surface area contributed by atoms with Gasteiger partial charge in [0.1, 0.15) is 6.10 Å². The molecule has 0 bridgehead atoms. The van der Waals surface area contributed by atoms with Crippen molar-refractivity contribution in [3.8, 4) is 0 Å². The maximum absolute atomic E-state index is 10.6. The van der Waals surface area contributed by atoms with E-state index in [0.29, 0.717) is 6.42 Å². The highest BCUT2D eigenvalue weighted by Crippen LogP contribution is 2.21. The van der Waals surface area contributed by atoms with Gasteiger partial charge in [-0.25, -0.2) is 9.59 Å². The summed E-state index contributed by atoms with van der Waals surface area (Å²) in [4.78, 5) is 20.0. The lowest BCUT2D eigenvalue weighted by molar-refractivity contribution is -0.158. The molecular formula is C13H26O6. The van der Waals surface area contributed by atoms with Crippen LogP contribution in [0.15, 0.2) is 0 Å². The van der Waals surface area contributed by atoms with Crippen molar-refractivity contribution in [3.63, 3.8) is 0 Å². The van der Waals surface area contributed by atoms with Gasteiger partial charge in [-0.2, -0.15) is 0 Å². The third kappa shape index (κ3) is 11.7. The number of hydrogen-bond acceptors (Lipinski definition) is 4. The molecule has 0 aromatic carbocycles. The molecule has 0 aliphatic rings. The summed E-state index contributed by atoms with van der Waals surface area (Å²) in [6, 6.07) is 0. The lowest BCUT2D eigenvalue weighted by atomic mass is 9.90. The molecule has 0 aliphatic carbocycles. The predicted octanol–water partition coefficient (Wildman–Crippen LogP) is 1.49. The molecule has 0 aromatic rings. The summed E-state index contributed by atoms with van der Waals surface area (Å²) in [6.45, 7) is 6.63. The van der Waals surface area contributed by atoms with Crippen molar-refractivity contribution >= 4 is 11.9 Å². The van der Waals surface area contributed by atoms with E-state index < -0.39 is 23.6 Å². The third-order valence-corrected chi connectivity index (χ3v) is 2.61. The van der Waals surface area contributed by atoms with Crippen molar-refractivity contribution in [1.29, 1.82) is 0 Å². The second-order valence-corrected chi connectivity index (χ2v) is 5.04. The van der Waals surface area contributed by atoms with Crippen molar-refractivity contribution in [2.75, 3.05) is 0 Å². The van der Waals surface area contributed by atoms with E-state index in [4.69, 9.17) is 15.3 Å². The van der Waals surface area contributed by atoms with E-state index >= 15 is 0 Å². The molecule has 0 aromatic heterocycles. The van der Waals surface area contributed by atoms with Gasteiger partial charge in [-0.05, 0) is 26.2 Å². The molecule has 6 heteroatoms. The van der Waals surface area contributed by atoms with Crippen LogP contribution >= 0.6 is 0 Å². The second-order valence-electron chi connectivity index (χ2n) is 5.04. The van der Waals surface area contributed by atoms with E-state index in [2.05, 4.69) is 6.92 Å². The zero-order valence-corrected chi connectivity index (χ0v) is 12.1. The van der Waals surface area contributed by atoms with Crippen LogP contribution in [0.2, 0.25) is 0 Å². The standard InChI is InChI=1S/C10H20O3.C3H6O3/c1-4-5-6-8(2)7-10(3,13)9(11)12;1-2(4)3(5)6/h8,13H,4-7H2,1-3H3,(H,11,12);2,4H,1H3,(H,5,6). The van der Waals surface area contributed by atoms with Gasteiger partial charge in [0.05, 0.1) is 0 Å². The molecule has 114 valence electrons. The summed E-state index contributed by atoms with van der Waals surface area (Å²) in [6.07, 6.45) is 2.29. The number of carboxylic acid groups (broad SMARTS) is 2. The Hall–Kier alpha value is -1.14. The number of aliphatic hydroxyl groups is 2. The van der Waals surface area contributed by atoms with Gasteiger partial charge >= 0.3 is 11.9 Å². The number of rotatable bonds is 7. The quantitative estimate of drug-likeness (QED) is 0.561. The summed E-state index contributed by atoms with van der Waals surface area (Å²) < 4.78 is 0. The Morgan fingerprint density at radius 1 is 1.21 bits per heavy atom. The van der Waals surface area contributed by atoms with Crippen LogP contribution in [0.1, 0.15) is 53.4 Å². The van der Waals surface area contributed by atoms with Crippen molar-refractivity contribution in [3.05, 3.63) is 0 Å². The highest BCUT2D eigenvalue weighted by molar-refractivity contribution is 5.76. The average Bonchev–Trinajstić information content (AvgIpc) is 2.26. The molecule has 0 fully saturated rings. The van der Waals surface area contributed by atoms with Crippen LogP contribution in [-0.2, 0) is 9.59 Å². The Kier molecular flexibility index (Phi) is 10.4. The van der Waals surface area contributed by atoms with Crippen LogP contribution in [-0.4, -0.2) is 44.1 Å². The molecule has 19 heavy (non-hydrogen) atoms. The van der Waals surface area contributed by atoms with Crippen molar-refractivity contribution < 1.29 is 30.0 Å². The minimum Gasteiger partial charge on any atom is -0.479 e. The molecule has 0 rings (SSSR count). The van der Waals surface area contributed by atoms with E-state index in [-0.39, 0.29) is 5.92 Å². The SMILES string of the molecule is CC(O)C(=O)O.CCCCC(C)CC(C)(O)C(=O)O. The Morgan fingerprint density at radius 3 is 1.89 bits per heavy atom. The van der Waals surface area contributed by atoms with E-state index in [0.717, 1.165) is 19.3 Å². The molecule has 0 spiro atoms. The molecule has 0 radical (unpaired) electrons. The Bertz CT molecular complexity index is 272. The first kappa shape index (κ1) is 20.2. The first-order valence-corrected chi connectivity index (χ1v) is 6.41. The second kappa shape index (κ2) is 9.75. The molecule has 0 saturated heterocycles. The topological polar surface area (TPSA) is 115 Å². The first-order chi connectivity index (χ1) is 8.54. The lowest BCUT2D eigenvalue weighted by Gasteiger charge is -2.21. The average molecular weight is 278 g/mol. The summed E-state index contributed by atoms with van der Waals surface area (Å²) in [5, 5.41) is 33.9. The van der Waals surface area contributed by atoms with E-state index in [1.807, 2.05) is 6.92 Å².